The molecule has 4 aromatic rings. The molecule has 5 rings (SSSR count). The first kappa shape index (κ1) is 27.5. The highest BCUT2D eigenvalue weighted by atomic mass is 19.1. The SMILES string of the molecule is CCOC(=O)Nc1ccc(N2CCN(c3cc4c(cc3F)c(=O)c(C(=O)O)cn4-c3ccc(F)cn3)CC2)c(F)c1. The molecule has 0 spiro atoms. The number of nitrogens with one attached hydrogen (secondary N) is 1. The van der Waals surface area contributed by atoms with E-state index in [0.29, 0.717) is 31.9 Å². The standard InChI is InChI=1S/C28H24F3N5O5/c1-2-41-28(40)33-17-4-5-22(20(30)11-17)34-7-9-35(10-8-34)24-13-23-18(12-21(24)31)26(37)19(27(38)39)15-36(23)25-6-3-16(29)14-32-25/h3-6,11-15H,2,7-10H2,1H3,(H,33,40)(H,38,39). The molecule has 10 nitrogen and oxygen atoms in total. The summed E-state index contributed by atoms with van der Waals surface area (Å²) in [5.74, 6) is -3.24. The summed E-state index contributed by atoms with van der Waals surface area (Å²) in [6.45, 7) is 3.11. The monoisotopic (exact) mass is 567 g/mol. The van der Waals surface area contributed by atoms with Crippen LogP contribution in [0.15, 0.2) is 59.7 Å². The lowest BCUT2D eigenvalue weighted by atomic mass is 10.1. The third-order valence-corrected chi connectivity index (χ3v) is 6.69. The lowest BCUT2D eigenvalue weighted by molar-refractivity contribution is 0.0695. The van der Waals surface area contributed by atoms with Crippen LogP contribution in [0.3, 0.4) is 0 Å². The Kier molecular flexibility index (Phi) is 7.51. The number of anilines is 3. The number of nitrogens with zero attached hydrogens (tertiary/aromatic N) is 4. The summed E-state index contributed by atoms with van der Waals surface area (Å²) in [5, 5.41) is 11.8. The van der Waals surface area contributed by atoms with E-state index in [9.17, 15) is 28.3 Å². The first-order valence-electron chi connectivity index (χ1n) is 12.6. The minimum Gasteiger partial charge on any atom is -0.477 e. The van der Waals surface area contributed by atoms with Crippen LogP contribution in [0.1, 0.15) is 17.3 Å². The molecule has 0 unspecified atom stereocenters. The highest BCUT2D eigenvalue weighted by molar-refractivity contribution is 5.94. The summed E-state index contributed by atoms with van der Waals surface area (Å²) in [5.41, 5.74) is -0.546. The molecule has 1 fully saturated rings. The molecule has 2 aromatic heterocycles. The predicted octanol–water partition coefficient (Wildman–Crippen LogP) is 4.40. The first-order valence-corrected chi connectivity index (χ1v) is 12.6. The molecule has 2 N–H and O–H groups in total. The quantitative estimate of drug-likeness (QED) is 0.352. The number of hydrogen-bond acceptors (Lipinski definition) is 7. The van der Waals surface area contributed by atoms with Gasteiger partial charge in [-0.05, 0) is 49.4 Å². The third-order valence-electron chi connectivity index (χ3n) is 6.69. The summed E-state index contributed by atoms with van der Waals surface area (Å²) in [4.78, 5) is 43.7. The zero-order valence-corrected chi connectivity index (χ0v) is 21.7. The number of fused-ring (bicyclic) bond motifs is 1. The number of benzene rings is 2. The molecule has 0 bridgehead atoms. The summed E-state index contributed by atoms with van der Waals surface area (Å²) in [6, 6.07) is 9.14. The highest BCUT2D eigenvalue weighted by Crippen LogP contribution is 2.30. The smallest absolute Gasteiger partial charge is 0.411 e. The van der Waals surface area contributed by atoms with Crippen molar-refractivity contribution in [2.75, 3.05) is 47.9 Å². The van der Waals surface area contributed by atoms with Gasteiger partial charge in [-0.15, -0.1) is 0 Å². The topological polar surface area (TPSA) is 117 Å². The van der Waals surface area contributed by atoms with E-state index >= 15 is 4.39 Å². The summed E-state index contributed by atoms with van der Waals surface area (Å²) >= 11 is 0. The average Bonchev–Trinajstić information content (AvgIpc) is 2.94. The lowest BCUT2D eigenvalue weighted by Crippen LogP contribution is -2.47. The summed E-state index contributed by atoms with van der Waals surface area (Å²) in [7, 11) is 0. The number of aromatic nitrogens is 2. The van der Waals surface area contributed by atoms with Crippen molar-refractivity contribution in [2.24, 2.45) is 0 Å². The number of carbonyl (C=O) groups is 2. The van der Waals surface area contributed by atoms with Crippen molar-refractivity contribution in [3.05, 3.63) is 88.1 Å². The lowest BCUT2D eigenvalue weighted by Gasteiger charge is -2.37. The number of carbonyl (C=O) groups excluding carboxylic acids is 1. The molecular weight excluding hydrogens is 543 g/mol. The maximum absolute atomic E-state index is 15.4. The number of halogens is 3. The number of pyridine rings is 2. The fourth-order valence-corrected chi connectivity index (χ4v) is 4.74. The van der Waals surface area contributed by atoms with Crippen LogP contribution in [0, 0.1) is 17.5 Å². The second kappa shape index (κ2) is 11.2. The van der Waals surface area contributed by atoms with E-state index in [0.717, 1.165) is 24.5 Å². The Labute approximate surface area is 231 Å². The molecule has 1 aliphatic heterocycles. The third kappa shape index (κ3) is 5.51. The predicted molar refractivity (Wildman–Crippen MR) is 146 cm³/mol. The van der Waals surface area contributed by atoms with Crippen molar-refractivity contribution in [1.82, 2.24) is 9.55 Å². The molecule has 1 amide bonds. The van der Waals surface area contributed by atoms with Crippen LogP contribution in [-0.4, -0.2) is 59.5 Å². The highest BCUT2D eigenvalue weighted by Gasteiger charge is 2.24. The zero-order valence-electron chi connectivity index (χ0n) is 21.7. The van der Waals surface area contributed by atoms with Crippen LogP contribution in [0.25, 0.3) is 16.7 Å². The average molecular weight is 568 g/mol. The van der Waals surface area contributed by atoms with E-state index in [1.807, 2.05) is 0 Å². The molecule has 0 saturated carbocycles. The minimum atomic E-state index is -1.50. The van der Waals surface area contributed by atoms with Crippen LogP contribution < -0.4 is 20.5 Å². The molecule has 0 radical (unpaired) electrons. The van der Waals surface area contributed by atoms with E-state index < -0.39 is 40.5 Å². The normalized spacial score (nSPS) is 13.4. The Balaban J connectivity index is 1.43. The van der Waals surface area contributed by atoms with Crippen LogP contribution in [0.2, 0.25) is 0 Å². The molecule has 0 aliphatic carbocycles. The van der Waals surface area contributed by atoms with Gasteiger partial charge in [-0.1, -0.05) is 0 Å². The Hall–Kier alpha value is -5.07. The van der Waals surface area contributed by atoms with Crippen molar-refractivity contribution in [2.45, 2.75) is 6.92 Å². The number of hydrogen-bond donors (Lipinski definition) is 2. The van der Waals surface area contributed by atoms with Gasteiger partial charge in [-0.25, -0.2) is 27.7 Å². The molecule has 1 aliphatic rings. The van der Waals surface area contributed by atoms with Crippen molar-refractivity contribution < 1.29 is 32.6 Å². The minimum absolute atomic E-state index is 0.137. The second-order valence-electron chi connectivity index (χ2n) is 9.19. The molecule has 13 heteroatoms. The fraction of sp³-hybridized carbons (Fsp3) is 0.214. The molecule has 1 saturated heterocycles. The Morgan fingerprint density at radius 2 is 1.66 bits per heavy atom. The number of amides is 1. The van der Waals surface area contributed by atoms with Gasteiger partial charge in [0.2, 0.25) is 5.43 Å². The van der Waals surface area contributed by atoms with Gasteiger partial charge < -0.3 is 24.2 Å². The molecule has 212 valence electrons. The molecule has 3 heterocycles. The Morgan fingerprint density at radius 3 is 2.27 bits per heavy atom. The molecule has 0 atom stereocenters. The Morgan fingerprint density at radius 1 is 0.976 bits per heavy atom. The number of piperazine rings is 1. The number of aromatic carboxylic acids is 1. The molecule has 41 heavy (non-hydrogen) atoms. The number of ether oxygens (including phenoxy) is 1. The van der Waals surface area contributed by atoms with Gasteiger partial charge in [0.1, 0.15) is 28.8 Å². The maximum atomic E-state index is 15.4. The van der Waals surface area contributed by atoms with Gasteiger partial charge in [0, 0.05) is 38.1 Å². The number of rotatable bonds is 6. The van der Waals surface area contributed by atoms with Crippen molar-refractivity contribution in [3.63, 3.8) is 0 Å². The number of carboxylic acids is 1. The number of carboxylic acid groups (broad SMARTS) is 1. The van der Waals surface area contributed by atoms with Crippen LogP contribution in [-0.2, 0) is 4.74 Å². The largest absolute Gasteiger partial charge is 0.477 e. The first-order chi connectivity index (χ1) is 19.7. The van der Waals surface area contributed by atoms with Gasteiger partial charge in [0.25, 0.3) is 0 Å². The van der Waals surface area contributed by atoms with Crippen molar-refractivity contribution in [1.29, 1.82) is 0 Å². The van der Waals surface area contributed by atoms with Crippen molar-refractivity contribution in [3.8, 4) is 5.82 Å². The fourth-order valence-electron chi connectivity index (χ4n) is 4.74. The van der Waals surface area contributed by atoms with Crippen LogP contribution in [0.4, 0.5) is 35.0 Å². The zero-order chi connectivity index (χ0) is 29.3. The van der Waals surface area contributed by atoms with Gasteiger partial charge in [-0.3, -0.25) is 10.1 Å². The van der Waals surface area contributed by atoms with E-state index in [2.05, 4.69) is 10.3 Å². The Bertz CT molecular complexity index is 1700. The van der Waals surface area contributed by atoms with E-state index in [1.54, 1.807) is 22.8 Å². The molecular formula is C28H24F3N5O5. The summed E-state index contributed by atoms with van der Waals surface area (Å²) in [6.07, 6.45) is 1.34. The van der Waals surface area contributed by atoms with Gasteiger partial charge >= 0.3 is 12.1 Å². The molecule has 2 aromatic carbocycles. The van der Waals surface area contributed by atoms with Gasteiger partial charge in [0.15, 0.2) is 0 Å². The van der Waals surface area contributed by atoms with E-state index in [4.69, 9.17) is 4.74 Å². The second-order valence-corrected chi connectivity index (χ2v) is 9.19. The van der Waals surface area contributed by atoms with E-state index in [1.165, 1.54) is 28.8 Å². The summed E-state index contributed by atoms with van der Waals surface area (Å²) < 4.78 is 49.9. The van der Waals surface area contributed by atoms with Crippen LogP contribution in [0.5, 0.6) is 0 Å². The van der Waals surface area contributed by atoms with Gasteiger partial charge in [0.05, 0.1) is 35.1 Å². The van der Waals surface area contributed by atoms with E-state index in [-0.39, 0.29) is 34.7 Å². The van der Waals surface area contributed by atoms with Crippen molar-refractivity contribution >= 4 is 40.0 Å². The van der Waals surface area contributed by atoms with Gasteiger partial charge in [-0.2, -0.15) is 0 Å². The maximum Gasteiger partial charge on any atom is 0.411 e. The van der Waals surface area contributed by atoms with Crippen LogP contribution >= 0.6 is 0 Å².